The summed E-state index contributed by atoms with van der Waals surface area (Å²) in [5, 5.41) is 13.3. The van der Waals surface area contributed by atoms with E-state index in [2.05, 4.69) is 5.32 Å². The van der Waals surface area contributed by atoms with Gasteiger partial charge in [-0.25, -0.2) is 0 Å². The number of hydrogen-bond donors (Lipinski definition) is 1. The maximum atomic E-state index is 12.3. The quantitative estimate of drug-likeness (QED) is 0.541. The number of carbonyl (C=O) groups excluding carboxylic acids is 1. The summed E-state index contributed by atoms with van der Waals surface area (Å²) in [7, 11) is 0. The zero-order valence-corrected chi connectivity index (χ0v) is 13.0. The van der Waals surface area contributed by atoms with E-state index in [-0.39, 0.29) is 18.1 Å². The van der Waals surface area contributed by atoms with Crippen molar-refractivity contribution in [3.63, 3.8) is 0 Å². The van der Waals surface area contributed by atoms with E-state index in [4.69, 9.17) is 9.15 Å². The molecule has 1 N–H and O–H groups in total. The Morgan fingerprint density at radius 1 is 1.08 bits per heavy atom. The van der Waals surface area contributed by atoms with Gasteiger partial charge in [0.1, 0.15) is 12.4 Å². The van der Waals surface area contributed by atoms with Gasteiger partial charge in [-0.3, -0.25) is 14.9 Å². The number of anilines is 1. The Kier molecular flexibility index (Phi) is 4.75. The van der Waals surface area contributed by atoms with Crippen molar-refractivity contribution in [2.45, 2.75) is 6.61 Å². The third-order valence-electron chi connectivity index (χ3n) is 3.43. The van der Waals surface area contributed by atoms with Crippen LogP contribution in [0, 0.1) is 10.1 Å². The number of para-hydroxylation sites is 1. The van der Waals surface area contributed by atoms with Gasteiger partial charge in [-0.1, -0.05) is 18.2 Å². The molecule has 25 heavy (non-hydrogen) atoms. The lowest BCUT2D eigenvalue weighted by Crippen LogP contribution is -2.13. The van der Waals surface area contributed by atoms with E-state index in [0.29, 0.717) is 17.0 Å². The molecule has 0 spiro atoms. The number of furan rings is 1. The smallest absolute Gasteiger partial charge is 0.291 e. The molecule has 0 saturated heterocycles. The number of nitro groups is 1. The molecule has 3 aromatic rings. The Bertz CT molecular complexity index is 872. The number of nitrogens with one attached hydrogen (secondary N) is 1. The first-order chi connectivity index (χ1) is 12.1. The van der Waals surface area contributed by atoms with Crippen LogP contribution in [0.1, 0.15) is 16.1 Å². The van der Waals surface area contributed by atoms with Crippen LogP contribution in [0.5, 0.6) is 5.75 Å². The summed E-state index contributed by atoms with van der Waals surface area (Å²) in [6.45, 7) is 0.184. The first-order valence-corrected chi connectivity index (χ1v) is 7.43. The molecule has 1 amide bonds. The van der Waals surface area contributed by atoms with Crippen LogP contribution in [0.15, 0.2) is 71.3 Å². The third kappa shape index (κ3) is 4.03. The molecule has 0 fully saturated rings. The van der Waals surface area contributed by atoms with Crippen LogP contribution in [-0.2, 0) is 6.61 Å². The van der Waals surface area contributed by atoms with E-state index >= 15 is 0 Å². The lowest BCUT2D eigenvalue weighted by Gasteiger charge is -2.07. The molecular weight excluding hydrogens is 324 g/mol. The van der Waals surface area contributed by atoms with Crippen molar-refractivity contribution >= 4 is 17.3 Å². The van der Waals surface area contributed by atoms with Gasteiger partial charge in [0.2, 0.25) is 0 Å². The fourth-order valence-corrected chi connectivity index (χ4v) is 2.18. The average Bonchev–Trinajstić information content (AvgIpc) is 3.10. The number of benzene rings is 2. The van der Waals surface area contributed by atoms with Crippen molar-refractivity contribution in [2.75, 3.05) is 5.32 Å². The van der Waals surface area contributed by atoms with Gasteiger partial charge in [-0.05, 0) is 30.3 Å². The van der Waals surface area contributed by atoms with Crippen molar-refractivity contribution in [1.29, 1.82) is 0 Å². The standard InChI is InChI=1S/C18H14N2O5/c21-18(19-14-6-8-15(9-7-14)20(22)23)17-13(10-11-24-17)12-25-16-4-2-1-3-5-16/h1-11H,12H2,(H,19,21). The Morgan fingerprint density at radius 2 is 1.80 bits per heavy atom. The maximum Gasteiger partial charge on any atom is 0.291 e. The minimum absolute atomic E-state index is 0.0482. The molecule has 0 saturated carbocycles. The minimum atomic E-state index is -0.503. The summed E-state index contributed by atoms with van der Waals surface area (Å²) in [4.78, 5) is 22.5. The van der Waals surface area contributed by atoms with Gasteiger partial charge in [0.05, 0.1) is 11.2 Å². The molecule has 3 rings (SSSR count). The molecule has 1 aromatic heterocycles. The second-order valence-corrected chi connectivity index (χ2v) is 5.13. The van der Waals surface area contributed by atoms with Gasteiger partial charge in [0, 0.05) is 23.4 Å². The predicted molar refractivity (Wildman–Crippen MR) is 90.5 cm³/mol. The van der Waals surface area contributed by atoms with Crippen LogP contribution in [0.2, 0.25) is 0 Å². The Morgan fingerprint density at radius 3 is 2.48 bits per heavy atom. The van der Waals surface area contributed by atoms with Crippen molar-refractivity contribution in [1.82, 2.24) is 0 Å². The third-order valence-corrected chi connectivity index (χ3v) is 3.43. The SMILES string of the molecule is O=C(Nc1ccc([N+](=O)[O-])cc1)c1occc1COc1ccccc1. The molecule has 0 radical (unpaired) electrons. The van der Waals surface area contributed by atoms with Crippen molar-refractivity contribution in [3.8, 4) is 5.75 Å². The maximum absolute atomic E-state index is 12.3. The fraction of sp³-hybridized carbons (Fsp3) is 0.0556. The van der Waals surface area contributed by atoms with Gasteiger partial charge >= 0.3 is 0 Å². The first kappa shape index (κ1) is 16.3. The topological polar surface area (TPSA) is 94.6 Å². The van der Waals surface area contributed by atoms with Crippen molar-refractivity contribution in [3.05, 3.63) is 88.4 Å². The normalized spacial score (nSPS) is 10.2. The van der Waals surface area contributed by atoms with Crippen LogP contribution in [0.4, 0.5) is 11.4 Å². The molecule has 0 atom stereocenters. The largest absolute Gasteiger partial charge is 0.489 e. The van der Waals surface area contributed by atoms with Crippen LogP contribution in [0.3, 0.4) is 0 Å². The molecule has 7 nitrogen and oxygen atoms in total. The lowest BCUT2D eigenvalue weighted by atomic mass is 10.2. The van der Waals surface area contributed by atoms with Crippen LogP contribution < -0.4 is 10.1 Å². The molecule has 7 heteroatoms. The summed E-state index contributed by atoms with van der Waals surface area (Å²) in [5.74, 6) is 0.366. The van der Waals surface area contributed by atoms with Crippen LogP contribution >= 0.6 is 0 Å². The number of carbonyl (C=O) groups is 1. The summed E-state index contributed by atoms with van der Waals surface area (Å²) < 4.78 is 10.9. The number of ether oxygens (including phenoxy) is 1. The van der Waals surface area contributed by atoms with Gasteiger partial charge in [0.15, 0.2) is 5.76 Å². The molecule has 0 aliphatic rings. The van der Waals surface area contributed by atoms with E-state index in [1.54, 1.807) is 6.07 Å². The number of rotatable bonds is 6. The monoisotopic (exact) mass is 338 g/mol. The van der Waals surface area contributed by atoms with Crippen LogP contribution in [-0.4, -0.2) is 10.8 Å². The first-order valence-electron chi connectivity index (χ1n) is 7.43. The fourth-order valence-electron chi connectivity index (χ4n) is 2.18. The Labute approximate surface area is 143 Å². The number of nitrogens with zero attached hydrogens (tertiary/aromatic N) is 1. The van der Waals surface area contributed by atoms with Gasteiger partial charge < -0.3 is 14.5 Å². The zero-order chi connectivity index (χ0) is 17.6. The highest BCUT2D eigenvalue weighted by Crippen LogP contribution is 2.19. The number of hydrogen-bond acceptors (Lipinski definition) is 5. The summed E-state index contributed by atoms with van der Waals surface area (Å²) >= 11 is 0. The summed E-state index contributed by atoms with van der Waals surface area (Å²) in [6.07, 6.45) is 1.41. The van der Waals surface area contributed by atoms with Crippen LogP contribution in [0.25, 0.3) is 0 Å². The zero-order valence-electron chi connectivity index (χ0n) is 13.0. The molecule has 0 bridgehead atoms. The molecular formula is C18H14N2O5. The number of amides is 1. The van der Waals surface area contributed by atoms with E-state index in [0.717, 1.165) is 0 Å². The minimum Gasteiger partial charge on any atom is -0.489 e. The highest BCUT2D eigenvalue weighted by Gasteiger charge is 2.16. The summed E-state index contributed by atoms with van der Waals surface area (Å²) in [6, 6.07) is 16.4. The Hall–Kier alpha value is -3.61. The number of non-ortho nitro benzene ring substituents is 1. The summed E-state index contributed by atoms with van der Waals surface area (Å²) in [5.41, 5.74) is 0.984. The van der Waals surface area contributed by atoms with E-state index in [9.17, 15) is 14.9 Å². The molecule has 2 aromatic carbocycles. The highest BCUT2D eigenvalue weighted by molar-refractivity contribution is 6.03. The van der Waals surface area contributed by atoms with Gasteiger partial charge in [0.25, 0.3) is 11.6 Å². The highest BCUT2D eigenvalue weighted by atomic mass is 16.6. The van der Waals surface area contributed by atoms with Crippen molar-refractivity contribution < 1.29 is 18.9 Å². The molecule has 0 unspecified atom stereocenters. The molecule has 0 aliphatic carbocycles. The van der Waals surface area contributed by atoms with E-state index < -0.39 is 10.8 Å². The van der Waals surface area contributed by atoms with Gasteiger partial charge in [-0.15, -0.1) is 0 Å². The molecule has 1 heterocycles. The predicted octanol–water partition coefficient (Wildman–Crippen LogP) is 4.02. The second-order valence-electron chi connectivity index (χ2n) is 5.13. The van der Waals surface area contributed by atoms with Gasteiger partial charge in [-0.2, -0.15) is 0 Å². The van der Waals surface area contributed by atoms with Crippen molar-refractivity contribution in [2.24, 2.45) is 0 Å². The molecule has 126 valence electrons. The Balaban J connectivity index is 1.66. The molecule has 0 aliphatic heterocycles. The number of nitro benzene ring substituents is 1. The second kappa shape index (κ2) is 7.31. The average molecular weight is 338 g/mol. The lowest BCUT2D eigenvalue weighted by molar-refractivity contribution is -0.384. The van der Waals surface area contributed by atoms with E-state index in [1.165, 1.54) is 30.5 Å². The van der Waals surface area contributed by atoms with E-state index in [1.807, 2.05) is 30.3 Å².